The van der Waals surface area contributed by atoms with Gasteiger partial charge in [-0.3, -0.25) is 9.59 Å². The van der Waals surface area contributed by atoms with Gasteiger partial charge in [-0.2, -0.15) is 0 Å². The van der Waals surface area contributed by atoms with Gasteiger partial charge in [-0.25, -0.2) is 4.79 Å². The predicted octanol–water partition coefficient (Wildman–Crippen LogP) is 2.40. The van der Waals surface area contributed by atoms with Gasteiger partial charge in [0.2, 0.25) is 0 Å². The molecule has 7 nitrogen and oxygen atoms in total. The van der Waals surface area contributed by atoms with E-state index in [4.69, 9.17) is 9.15 Å². The van der Waals surface area contributed by atoms with Crippen molar-refractivity contribution in [3.8, 4) is 5.75 Å². The van der Waals surface area contributed by atoms with Crippen molar-refractivity contribution in [3.05, 3.63) is 76.1 Å². The van der Waals surface area contributed by atoms with Gasteiger partial charge in [0, 0.05) is 37.1 Å². The Kier molecular flexibility index (Phi) is 5.03. The topological polar surface area (TPSA) is 80.1 Å². The third kappa shape index (κ3) is 3.71. The van der Waals surface area contributed by atoms with Crippen LogP contribution >= 0.6 is 0 Å². The maximum atomic E-state index is 12.8. The van der Waals surface area contributed by atoms with Crippen LogP contribution in [0.4, 0.5) is 0 Å². The molecule has 7 heteroatoms. The molecular weight excluding hydrogens is 372 g/mol. The standard InChI is InChI=1S/C22H20N2O5/c1-28-17-8-6-15(7-9-17)20(25)23-10-12-24(13-11-23)21(26)18-14-16-4-2-3-5-19(16)29-22(18)27/h2-9,14H,10-13H2,1H3. The Labute approximate surface area is 167 Å². The molecule has 0 unspecified atom stereocenters. The fourth-order valence-corrected chi connectivity index (χ4v) is 3.41. The molecule has 1 saturated heterocycles. The molecule has 1 aliphatic rings. The van der Waals surface area contributed by atoms with Crippen molar-refractivity contribution >= 4 is 22.8 Å². The second-order valence-corrected chi connectivity index (χ2v) is 6.80. The molecule has 0 spiro atoms. The zero-order chi connectivity index (χ0) is 20.4. The Bertz CT molecular complexity index is 1110. The Morgan fingerprint density at radius 1 is 0.897 bits per heavy atom. The summed E-state index contributed by atoms with van der Waals surface area (Å²) >= 11 is 0. The molecule has 0 atom stereocenters. The van der Waals surface area contributed by atoms with Crippen LogP contribution in [0.1, 0.15) is 20.7 Å². The lowest BCUT2D eigenvalue weighted by Gasteiger charge is -2.34. The highest BCUT2D eigenvalue weighted by Crippen LogP contribution is 2.17. The van der Waals surface area contributed by atoms with Gasteiger partial charge in [-0.1, -0.05) is 18.2 Å². The minimum Gasteiger partial charge on any atom is -0.497 e. The fraction of sp³-hybridized carbons (Fsp3) is 0.227. The van der Waals surface area contributed by atoms with Crippen LogP contribution in [-0.4, -0.2) is 54.9 Å². The van der Waals surface area contributed by atoms with Crippen LogP contribution < -0.4 is 10.4 Å². The monoisotopic (exact) mass is 392 g/mol. The molecule has 29 heavy (non-hydrogen) atoms. The molecule has 0 aliphatic carbocycles. The number of hydrogen-bond donors (Lipinski definition) is 0. The summed E-state index contributed by atoms with van der Waals surface area (Å²) in [6.45, 7) is 1.50. The van der Waals surface area contributed by atoms with Gasteiger partial charge < -0.3 is 19.0 Å². The Hall–Kier alpha value is -3.61. The summed E-state index contributed by atoms with van der Waals surface area (Å²) in [6, 6.07) is 15.6. The number of rotatable bonds is 3. The lowest BCUT2D eigenvalue weighted by atomic mass is 10.1. The van der Waals surface area contributed by atoms with Gasteiger partial charge in [0.1, 0.15) is 16.9 Å². The normalized spacial score (nSPS) is 14.1. The molecule has 1 aromatic heterocycles. The van der Waals surface area contributed by atoms with E-state index in [1.165, 1.54) is 0 Å². The molecular formula is C22H20N2O5. The average molecular weight is 392 g/mol. The van der Waals surface area contributed by atoms with Crippen molar-refractivity contribution in [1.82, 2.24) is 9.80 Å². The lowest BCUT2D eigenvalue weighted by Crippen LogP contribution is -2.51. The number of nitrogens with zero attached hydrogens (tertiary/aromatic N) is 2. The Balaban J connectivity index is 1.45. The van der Waals surface area contributed by atoms with Crippen LogP contribution in [0.25, 0.3) is 11.0 Å². The molecule has 3 aromatic rings. The van der Waals surface area contributed by atoms with Crippen LogP contribution in [0.3, 0.4) is 0 Å². The molecule has 1 aliphatic heterocycles. The fourth-order valence-electron chi connectivity index (χ4n) is 3.41. The van der Waals surface area contributed by atoms with E-state index in [1.807, 2.05) is 6.07 Å². The highest BCUT2D eigenvalue weighted by atomic mass is 16.5. The van der Waals surface area contributed by atoms with Crippen LogP contribution in [-0.2, 0) is 0 Å². The van der Waals surface area contributed by atoms with Gasteiger partial charge in [-0.05, 0) is 36.4 Å². The summed E-state index contributed by atoms with van der Waals surface area (Å²) in [5.74, 6) is 0.220. The number of methoxy groups -OCH3 is 1. The van der Waals surface area contributed by atoms with Crippen LogP contribution in [0, 0.1) is 0 Å². The van der Waals surface area contributed by atoms with Crippen LogP contribution in [0.15, 0.2) is 63.8 Å². The van der Waals surface area contributed by atoms with Crippen molar-refractivity contribution in [2.45, 2.75) is 0 Å². The highest BCUT2D eigenvalue weighted by Gasteiger charge is 2.27. The van der Waals surface area contributed by atoms with Crippen molar-refractivity contribution < 1.29 is 18.7 Å². The van der Waals surface area contributed by atoms with E-state index in [1.54, 1.807) is 65.4 Å². The number of fused-ring (bicyclic) bond motifs is 1. The number of ether oxygens (including phenoxy) is 1. The molecule has 4 rings (SSSR count). The minimum absolute atomic E-state index is 0.0126. The summed E-state index contributed by atoms with van der Waals surface area (Å²) in [5, 5.41) is 0.698. The van der Waals surface area contributed by atoms with E-state index >= 15 is 0 Å². The minimum atomic E-state index is -0.648. The first kappa shape index (κ1) is 18.7. The van der Waals surface area contributed by atoms with Crippen molar-refractivity contribution in [2.24, 2.45) is 0 Å². The summed E-state index contributed by atoms with van der Waals surface area (Å²) in [6.07, 6.45) is 0. The molecule has 2 aromatic carbocycles. The zero-order valence-electron chi connectivity index (χ0n) is 16.0. The first-order valence-electron chi connectivity index (χ1n) is 9.32. The van der Waals surface area contributed by atoms with Gasteiger partial charge in [0.05, 0.1) is 7.11 Å². The maximum absolute atomic E-state index is 12.8. The van der Waals surface area contributed by atoms with E-state index in [0.29, 0.717) is 48.5 Å². The second kappa shape index (κ2) is 7.79. The van der Waals surface area contributed by atoms with Gasteiger partial charge in [0.25, 0.3) is 11.8 Å². The van der Waals surface area contributed by atoms with E-state index < -0.39 is 5.63 Å². The van der Waals surface area contributed by atoms with E-state index in [2.05, 4.69) is 0 Å². The van der Waals surface area contributed by atoms with E-state index in [-0.39, 0.29) is 17.4 Å². The van der Waals surface area contributed by atoms with Crippen LogP contribution in [0.2, 0.25) is 0 Å². The van der Waals surface area contributed by atoms with E-state index in [0.717, 1.165) is 0 Å². The smallest absolute Gasteiger partial charge is 0.349 e. The Morgan fingerprint density at radius 3 is 2.17 bits per heavy atom. The summed E-state index contributed by atoms with van der Waals surface area (Å²) in [7, 11) is 1.57. The number of piperazine rings is 1. The van der Waals surface area contributed by atoms with Gasteiger partial charge >= 0.3 is 5.63 Å². The molecule has 0 bridgehead atoms. The third-order valence-corrected chi connectivity index (χ3v) is 5.06. The number of carbonyl (C=O) groups excluding carboxylic acids is 2. The highest BCUT2D eigenvalue weighted by molar-refractivity contribution is 5.97. The second-order valence-electron chi connectivity index (χ2n) is 6.80. The number of carbonyl (C=O) groups is 2. The molecule has 0 N–H and O–H groups in total. The molecule has 2 amide bonds. The number of para-hydroxylation sites is 1. The zero-order valence-corrected chi connectivity index (χ0v) is 16.0. The average Bonchev–Trinajstić information content (AvgIpc) is 2.78. The Morgan fingerprint density at radius 2 is 1.52 bits per heavy atom. The number of amides is 2. The summed E-state index contributed by atoms with van der Waals surface area (Å²) in [4.78, 5) is 41.0. The quantitative estimate of drug-likeness (QED) is 0.640. The third-order valence-electron chi connectivity index (χ3n) is 5.06. The summed E-state index contributed by atoms with van der Waals surface area (Å²) < 4.78 is 10.4. The summed E-state index contributed by atoms with van der Waals surface area (Å²) in [5.41, 5.74) is 0.383. The maximum Gasteiger partial charge on any atom is 0.349 e. The van der Waals surface area contributed by atoms with Gasteiger partial charge in [0.15, 0.2) is 0 Å². The van der Waals surface area contributed by atoms with E-state index in [9.17, 15) is 14.4 Å². The number of benzene rings is 2. The first-order valence-corrected chi connectivity index (χ1v) is 9.32. The lowest BCUT2D eigenvalue weighted by molar-refractivity contribution is 0.0533. The SMILES string of the molecule is COc1ccc(C(=O)N2CCN(C(=O)c3cc4ccccc4oc3=O)CC2)cc1. The molecule has 0 radical (unpaired) electrons. The van der Waals surface area contributed by atoms with Gasteiger partial charge in [-0.15, -0.1) is 0 Å². The van der Waals surface area contributed by atoms with Crippen molar-refractivity contribution in [3.63, 3.8) is 0 Å². The van der Waals surface area contributed by atoms with Crippen molar-refractivity contribution in [1.29, 1.82) is 0 Å². The largest absolute Gasteiger partial charge is 0.497 e. The van der Waals surface area contributed by atoms with Crippen molar-refractivity contribution in [2.75, 3.05) is 33.3 Å². The molecule has 1 fully saturated rings. The first-order chi connectivity index (χ1) is 14.1. The molecule has 148 valence electrons. The molecule has 0 saturated carbocycles. The predicted molar refractivity (Wildman–Crippen MR) is 107 cm³/mol. The van der Waals surface area contributed by atoms with Crippen LogP contribution in [0.5, 0.6) is 5.75 Å². The number of hydrogen-bond acceptors (Lipinski definition) is 5. The molecule has 2 heterocycles.